The van der Waals surface area contributed by atoms with Crippen molar-refractivity contribution in [2.45, 2.75) is 39.3 Å². The summed E-state index contributed by atoms with van der Waals surface area (Å²) in [5, 5.41) is 6.26. The van der Waals surface area contributed by atoms with Gasteiger partial charge in [-0.25, -0.2) is 0 Å². The van der Waals surface area contributed by atoms with E-state index in [4.69, 9.17) is 4.74 Å². The SMILES string of the molecule is CCNC(=NCCCOCC(F)(F)F)NCCCCOCC.I. The van der Waals surface area contributed by atoms with Gasteiger partial charge in [-0.3, -0.25) is 4.99 Å². The van der Waals surface area contributed by atoms with Crippen LogP contribution in [0.5, 0.6) is 0 Å². The molecular weight excluding hydrogens is 426 g/mol. The van der Waals surface area contributed by atoms with E-state index in [1.165, 1.54) is 0 Å². The van der Waals surface area contributed by atoms with Gasteiger partial charge in [-0.05, 0) is 33.1 Å². The highest BCUT2D eigenvalue weighted by atomic mass is 127. The first-order valence-corrected chi connectivity index (χ1v) is 7.74. The van der Waals surface area contributed by atoms with Crippen LogP contribution in [0.15, 0.2) is 4.99 Å². The predicted octanol–water partition coefficient (Wildman–Crippen LogP) is 2.95. The van der Waals surface area contributed by atoms with Gasteiger partial charge >= 0.3 is 6.18 Å². The monoisotopic (exact) mass is 455 g/mol. The van der Waals surface area contributed by atoms with Crippen LogP contribution in [-0.4, -0.2) is 58.2 Å². The lowest BCUT2D eigenvalue weighted by molar-refractivity contribution is -0.173. The van der Waals surface area contributed by atoms with Gasteiger partial charge in [-0.2, -0.15) is 13.2 Å². The number of rotatable bonds is 12. The van der Waals surface area contributed by atoms with Gasteiger partial charge in [0.05, 0.1) is 0 Å². The van der Waals surface area contributed by atoms with Crippen molar-refractivity contribution in [1.82, 2.24) is 10.6 Å². The van der Waals surface area contributed by atoms with Crippen LogP contribution < -0.4 is 10.6 Å². The minimum absolute atomic E-state index is 0. The maximum atomic E-state index is 11.9. The molecule has 0 heterocycles. The Hall–Kier alpha value is -0.290. The van der Waals surface area contributed by atoms with Crippen molar-refractivity contribution < 1.29 is 22.6 Å². The average molecular weight is 455 g/mol. The number of halogens is 4. The second kappa shape index (κ2) is 16.6. The Balaban J connectivity index is 0. The van der Waals surface area contributed by atoms with Crippen molar-refractivity contribution in [2.24, 2.45) is 4.99 Å². The smallest absolute Gasteiger partial charge is 0.382 e. The van der Waals surface area contributed by atoms with E-state index in [1.807, 2.05) is 13.8 Å². The van der Waals surface area contributed by atoms with E-state index in [9.17, 15) is 13.2 Å². The van der Waals surface area contributed by atoms with Gasteiger partial charge in [0.2, 0.25) is 0 Å². The van der Waals surface area contributed by atoms with E-state index in [0.717, 1.165) is 39.1 Å². The topological polar surface area (TPSA) is 54.9 Å². The number of alkyl halides is 3. The fraction of sp³-hybridized carbons (Fsp3) is 0.929. The maximum Gasteiger partial charge on any atom is 0.411 e. The summed E-state index contributed by atoms with van der Waals surface area (Å²) in [5.41, 5.74) is 0. The van der Waals surface area contributed by atoms with Gasteiger partial charge in [0.25, 0.3) is 0 Å². The van der Waals surface area contributed by atoms with Crippen LogP contribution in [0.4, 0.5) is 13.2 Å². The highest BCUT2D eigenvalue weighted by Crippen LogP contribution is 2.14. The van der Waals surface area contributed by atoms with Gasteiger partial charge < -0.3 is 20.1 Å². The summed E-state index contributed by atoms with van der Waals surface area (Å²) in [5.74, 6) is 0.676. The van der Waals surface area contributed by atoms with Gasteiger partial charge in [-0.15, -0.1) is 24.0 Å². The first kappa shape index (κ1) is 25.0. The molecule has 0 aliphatic heterocycles. The lowest BCUT2D eigenvalue weighted by atomic mass is 10.3. The molecule has 9 heteroatoms. The molecule has 0 saturated carbocycles. The summed E-state index contributed by atoms with van der Waals surface area (Å²) in [6.07, 6.45) is -1.86. The van der Waals surface area contributed by atoms with Crippen LogP contribution >= 0.6 is 24.0 Å². The Morgan fingerprint density at radius 1 is 1.00 bits per heavy atom. The molecule has 140 valence electrons. The van der Waals surface area contributed by atoms with Gasteiger partial charge in [0, 0.05) is 39.5 Å². The second-order valence-corrected chi connectivity index (χ2v) is 4.61. The number of nitrogens with zero attached hydrogens (tertiary/aromatic N) is 1. The molecule has 0 aromatic rings. The predicted molar refractivity (Wildman–Crippen MR) is 96.6 cm³/mol. The number of aliphatic imine (C=N–C) groups is 1. The highest BCUT2D eigenvalue weighted by Gasteiger charge is 2.27. The molecule has 0 fully saturated rings. The number of hydrogen-bond donors (Lipinski definition) is 2. The van der Waals surface area contributed by atoms with E-state index in [-0.39, 0.29) is 30.6 Å². The third-order valence-corrected chi connectivity index (χ3v) is 2.54. The largest absolute Gasteiger partial charge is 0.411 e. The summed E-state index contributed by atoms with van der Waals surface area (Å²) >= 11 is 0. The third-order valence-electron chi connectivity index (χ3n) is 2.54. The lowest BCUT2D eigenvalue weighted by Gasteiger charge is -2.11. The first-order valence-electron chi connectivity index (χ1n) is 7.74. The molecule has 0 atom stereocenters. The molecule has 0 spiro atoms. The standard InChI is InChI=1S/C14H28F3N3O2.HI/c1-3-18-13(19-8-5-6-10-21-4-2)20-9-7-11-22-12-14(15,16)17;/h3-12H2,1-2H3,(H2,18,19,20);1H. The van der Waals surface area contributed by atoms with Crippen molar-refractivity contribution >= 4 is 29.9 Å². The highest BCUT2D eigenvalue weighted by molar-refractivity contribution is 14.0. The Labute approximate surface area is 153 Å². The fourth-order valence-corrected chi connectivity index (χ4v) is 1.57. The van der Waals surface area contributed by atoms with E-state index in [0.29, 0.717) is 18.9 Å². The molecule has 0 aliphatic carbocycles. The molecule has 23 heavy (non-hydrogen) atoms. The lowest BCUT2D eigenvalue weighted by Crippen LogP contribution is -2.38. The van der Waals surface area contributed by atoms with Crippen molar-refractivity contribution in [3.63, 3.8) is 0 Å². The van der Waals surface area contributed by atoms with Crippen LogP contribution in [0.2, 0.25) is 0 Å². The Morgan fingerprint density at radius 2 is 1.70 bits per heavy atom. The van der Waals surface area contributed by atoms with Gasteiger partial charge in [0.15, 0.2) is 5.96 Å². The van der Waals surface area contributed by atoms with E-state index in [1.54, 1.807) is 0 Å². The van der Waals surface area contributed by atoms with Crippen LogP contribution in [0, 0.1) is 0 Å². The minimum atomic E-state index is -4.26. The minimum Gasteiger partial charge on any atom is -0.382 e. The Kier molecular flexibility index (Phi) is 18.0. The van der Waals surface area contributed by atoms with Crippen molar-refractivity contribution in [1.29, 1.82) is 0 Å². The fourth-order valence-electron chi connectivity index (χ4n) is 1.57. The molecule has 0 saturated heterocycles. The molecule has 0 aliphatic rings. The van der Waals surface area contributed by atoms with Crippen molar-refractivity contribution in [3.8, 4) is 0 Å². The summed E-state index contributed by atoms with van der Waals surface area (Å²) in [6.45, 7) is 6.19. The number of ether oxygens (including phenoxy) is 2. The first-order chi connectivity index (χ1) is 10.5. The molecule has 0 rings (SSSR count). The van der Waals surface area contributed by atoms with Gasteiger partial charge in [0.1, 0.15) is 6.61 Å². The zero-order chi connectivity index (χ0) is 16.7. The molecule has 0 aromatic carbocycles. The zero-order valence-electron chi connectivity index (χ0n) is 13.9. The Bertz CT molecular complexity index is 293. The normalized spacial score (nSPS) is 12.0. The molecule has 0 unspecified atom stereocenters. The van der Waals surface area contributed by atoms with Crippen molar-refractivity contribution in [3.05, 3.63) is 0 Å². The van der Waals surface area contributed by atoms with E-state index < -0.39 is 12.8 Å². The number of nitrogens with one attached hydrogen (secondary N) is 2. The van der Waals surface area contributed by atoms with Crippen LogP contribution in [0.25, 0.3) is 0 Å². The second-order valence-electron chi connectivity index (χ2n) is 4.61. The van der Waals surface area contributed by atoms with Crippen LogP contribution in [-0.2, 0) is 9.47 Å². The summed E-state index contributed by atoms with van der Waals surface area (Å²) in [6, 6.07) is 0. The maximum absolute atomic E-state index is 11.9. The number of guanidine groups is 1. The van der Waals surface area contributed by atoms with E-state index >= 15 is 0 Å². The summed E-state index contributed by atoms with van der Waals surface area (Å²) in [4.78, 5) is 4.28. The third kappa shape index (κ3) is 19.7. The number of unbranched alkanes of at least 4 members (excludes halogenated alkanes) is 1. The Morgan fingerprint density at radius 3 is 2.30 bits per heavy atom. The average Bonchev–Trinajstić information content (AvgIpc) is 2.45. The van der Waals surface area contributed by atoms with E-state index in [2.05, 4.69) is 20.4 Å². The molecule has 0 amide bonds. The molecular formula is C14H29F3IN3O2. The van der Waals surface area contributed by atoms with Gasteiger partial charge in [-0.1, -0.05) is 0 Å². The van der Waals surface area contributed by atoms with Crippen LogP contribution in [0.1, 0.15) is 33.1 Å². The number of hydrogen-bond acceptors (Lipinski definition) is 3. The quantitative estimate of drug-likeness (QED) is 0.206. The molecule has 0 bridgehead atoms. The summed E-state index contributed by atoms with van der Waals surface area (Å²) < 4.78 is 45.4. The van der Waals surface area contributed by atoms with Crippen molar-refractivity contribution in [2.75, 3.05) is 46.1 Å². The summed E-state index contributed by atoms with van der Waals surface area (Å²) in [7, 11) is 0. The van der Waals surface area contributed by atoms with Crippen LogP contribution in [0.3, 0.4) is 0 Å². The molecule has 2 N–H and O–H groups in total. The zero-order valence-corrected chi connectivity index (χ0v) is 16.2. The molecule has 5 nitrogen and oxygen atoms in total. The molecule has 0 aromatic heterocycles. The molecule has 0 radical (unpaired) electrons.